The minimum Gasteiger partial charge on any atom is -0.346 e. The fourth-order valence-corrected chi connectivity index (χ4v) is 2.79. The van der Waals surface area contributed by atoms with Gasteiger partial charge in [-0.05, 0) is 44.9 Å². The molecule has 0 radical (unpaired) electrons. The van der Waals surface area contributed by atoms with Gasteiger partial charge in [-0.25, -0.2) is 0 Å². The zero-order chi connectivity index (χ0) is 13.7. The van der Waals surface area contributed by atoms with Crippen LogP contribution in [0.2, 0.25) is 0 Å². The summed E-state index contributed by atoms with van der Waals surface area (Å²) in [6.07, 6.45) is 5.67. The molecule has 0 aliphatic carbocycles. The van der Waals surface area contributed by atoms with Crippen LogP contribution in [0.25, 0.3) is 0 Å². The molecule has 2 atom stereocenters. The Hall–Kier alpha value is -1.42. The summed E-state index contributed by atoms with van der Waals surface area (Å²) in [6, 6.07) is 5.72. The summed E-state index contributed by atoms with van der Waals surface area (Å²) >= 11 is 0. The summed E-state index contributed by atoms with van der Waals surface area (Å²) in [4.78, 5) is 16.8. The first-order valence-electron chi connectivity index (χ1n) is 7.15. The van der Waals surface area contributed by atoms with Crippen molar-refractivity contribution in [3.63, 3.8) is 0 Å². The molecule has 2 rings (SSSR count). The number of aromatic nitrogens is 1. The van der Waals surface area contributed by atoms with Crippen molar-refractivity contribution < 1.29 is 4.79 Å². The van der Waals surface area contributed by atoms with E-state index in [9.17, 15) is 4.79 Å². The van der Waals surface area contributed by atoms with E-state index in [0.717, 1.165) is 37.9 Å². The minimum absolute atomic E-state index is 0.0511. The summed E-state index contributed by atoms with van der Waals surface area (Å²) in [6.45, 7) is 5.04. The number of pyridine rings is 1. The topological polar surface area (TPSA) is 54.0 Å². The van der Waals surface area contributed by atoms with Gasteiger partial charge in [-0.1, -0.05) is 19.4 Å². The van der Waals surface area contributed by atoms with Gasteiger partial charge in [-0.2, -0.15) is 0 Å². The van der Waals surface area contributed by atoms with Crippen molar-refractivity contribution in [1.82, 2.24) is 15.6 Å². The Balaban J connectivity index is 2.03. The molecule has 1 saturated heterocycles. The van der Waals surface area contributed by atoms with E-state index in [1.54, 1.807) is 6.20 Å². The summed E-state index contributed by atoms with van der Waals surface area (Å²) in [5, 5.41) is 6.49. The highest BCUT2D eigenvalue weighted by atomic mass is 16.2. The molecular weight excluding hydrogens is 238 g/mol. The Kier molecular flexibility index (Phi) is 4.53. The predicted octanol–water partition coefficient (Wildman–Crippen LogP) is 2.18. The van der Waals surface area contributed by atoms with E-state index in [0.29, 0.717) is 0 Å². The minimum atomic E-state index is -0.363. The molecule has 1 fully saturated rings. The van der Waals surface area contributed by atoms with Crippen LogP contribution >= 0.6 is 0 Å². The lowest BCUT2D eigenvalue weighted by molar-refractivity contribution is -0.128. The van der Waals surface area contributed by atoms with E-state index in [4.69, 9.17) is 0 Å². The number of nitrogens with zero attached hydrogens (tertiary/aromatic N) is 1. The highest BCUT2D eigenvalue weighted by Gasteiger charge is 2.40. The maximum atomic E-state index is 12.5. The predicted molar refractivity (Wildman–Crippen MR) is 75.7 cm³/mol. The molecule has 2 heterocycles. The maximum Gasteiger partial charge on any atom is 0.240 e. The largest absolute Gasteiger partial charge is 0.346 e. The summed E-state index contributed by atoms with van der Waals surface area (Å²) in [7, 11) is 0. The highest BCUT2D eigenvalue weighted by Crippen LogP contribution is 2.26. The van der Waals surface area contributed by atoms with Crippen LogP contribution in [-0.2, 0) is 4.79 Å². The molecule has 1 aliphatic heterocycles. The smallest absolute Gasteiger partial charge is 0.240 e. The van der Waals surface area contributed by atoms with Gasteiger partial charge in [0.1, 0.15) is 0 Å². The lowest BCUT2D eigenvalue weighted by atomic mass is 9.90. The second-order valence-electron chi connectivity index (χ2n) is 5.31. The Morgan fingerprint density at radius 1 is 1.58 bits per heavy atom. The lowest BCUT2D eigenvalue weighted by Crippen LogP contribution is -2.53. The third-order valence-electron chi connectivity index (χ3n) is 3.83. The van der Waals surface area contributed by atoms with Gasteiger partial charge < -0.3 is 10.6 Å². The van der Waals surface area contributed by atoms with Crippen LogP contribution in [-0.4, -0.2) is 23.0 Å². The van der Waals surface area contributed by atoms with Gasteiger partial charge in [-0.3, -0.25) is 9.78 Å². The number of rotatable bonds is 5. The SMILES string of the molecule is CCCC1(C(=O)NC(C)c2ccccn2)CCCN1. The molecule has 0 bridgehead atoms. The number of hydrogen-bond donors (Lipinski definition) is 2. The van der Waals surface area contributed by atoms with Crippen molar-refractivity contribution in [2.24, 2.45) is 0 Å². The first kappa shape index (κ1) is 14.0. The second-order valence-corrected chi connectivity index (χ2v) is 5.31. The highest BCUT2D eigenvalue weighted by molar-refractivity contribution is 5.87. The molecule has 4 heteroatoms. The van der Waals surface area contributed by atoms with E-state index in [1.165, 1.54) is 0 Å². The molecule has 0 spiro atoms. The van der Waals surface area contributed by atoms with Crippen LogP contribution in [0.15, 0.2) is 24.4 Å². The molecule has 1 aromatic heterocycles. The molecular formula is C15H23N3O. The third-order valence-corrected chi connectivity index (χ3v) is 3.83. The normalized spacial score (nSPS) is 24.1. The maximum absolute atomic E-state index is 12.5. The number of carbonyl (C=O) groups excluding carboxylic acids is 1. The van der Waals surface area contributed by atoms with Gasteiger partial charge in [0.15, 0.2) is 0 Å². The van der Waals surface area contributed by atoms with E-state index in [2.05, 4.69) is 22.5 Å². The van der Waals surface area contributed by atoms with Crippen molar-refractivity contribution in [3.8, 4) is 0 Å². The molecule has 1 aromatic rings. The van der Waals surface area contributed by atoms with Crippen LogP contribution in [0, 0.1) is 0 Å². The molecule has 0 aromatic carbocycles. The Morgan fingerprint density at radius 2 is 2.42 bits per heavy atom. The van der Waals surface area contributed by atoms with Crippen molar-refractivity contribution in [2.75, 3.05) is 6.54 Å². The molecule has 2 unspecified atom stereocenters. The Bertz CT molecular complexity index is 413. The molecule has 19 heavy (non-hydrogen) atoms. The van der Waals surface area contributed by atoms with Crippen LogP contribution in [0.3, 0.4) is 0 Å². The zero-order valence-electron chi connectivity index (χ0n) is 11.8. The van der Waals surface area contributed by atoms with Crippen LogP contribution in [0.1, 0.15) is 51.3 Å². The molecule has 4 nitrogen and oxygen atoms in total. The summed E-state index contributed by atoms with van der Waals surface area (Å²) in [5.41, 5.74) is 0.540. The second kappa shape index (κ2) is 6.15. The Morgan fingerprint density at radius 3 is 3.00 bits per heavy atom. The van der Waals surface area contributed by atoms with E-state index in [1.807, 2.05) is 25.1 Å². The van der Waals surface area contributed by atoms with Crippen LogP contribution < -0.4 is 10.6 Å². The first-order valence-corrected chi connectivity index (χ1v) is 7.15. The van der Waals surface area contributed by atoms with E-state index < -0.39 is 0 Å². The van der Waals surface area contributed by atoms with Crippen molar-refractivity contribution in [2.45, 2.75) is 51.1 Å². The van der Waals surface area contributed by atoms with Crippen molar-refractivity contribution in [3.05, 3.63) is 30.1 Å². The number of carbonyl (C=O) groups is 1. The monoisotopic (exact) mass is 261 g/mol. The Labute approximate surface area is 115 Å². The van der Waals surface area contributed by atoms with E-state index >= 15 is 0 Å². The molecule has 104 valence electrons. The van der Waals surface area contributed by atoms with Crippen LogP contribution in [0.5, 0.6) is 0 Å². The number of amides is 1. The van der Waals surface area contributed by atoms with Gasteiger partial charge in [0, 0.05) is 6.20 Å². The van der Waals surface area contributed by atoms with Gasteiger partial charge in [0.25, 0.3) is 0 Å². The zero-order valence-corrected chi connectivity index (χ0v) is 11.8. The average molecular weight is 261 g/mol. The fourth-order valence-electron chi connectivity index (χ4n) is 2.79. The molecule has 1 amide bonds. The molecule has 2 N–H and O–H groups in total. The van der Waals surface area contributed by atoms with Crippen molar-refractivity contribution >= 4 is 5.91 Å². The molecule has 0 saturated carbocycles. The van der Waals surface area contributed by atoms with E-state index in [-0.39, 0.29) is 17.5 Å². The van der Waals surface area contributed by atoms with Gasteiger partial charge in [0.05, 0.1) is 17.3 Å². The number of hydrogen-bond acceptors (Lipinski definition) is 3. The van der Waals surface area contributed by atoms with Gasteiger partial charge >= 0.3 is 0 Å². The summed E-state index contributed by atoms with van der Waals surface area (Å²) in [5.74, 6) is 0.116. The summed E-state index contributed by atoms with van der Waals surface area (Å²) < 4.78 is 0. The lowest BCUT2D eigenvalue weighted by Gasteiger charge is -2.29. The third kappa shape index (κ3) is 3.13. The van der Waals surface area contributed by atoms with Gasteiger partial charge in [0.2, 0.25) is 5.91 Å². The van der Waals surface area contributed by atoms with Crippen molar-refractivity contribution in [1.29, 1.82) is 0 Å². The standard InChI is InChI=1S/C15H23N3O/c1-3-8-15(9-6-11-17-15)14(19)18-12(2)13-7-4-5-10-16-13/h4-5,7,10,12,17H,3,6,8-9,11H2,1-2H3,(H,18,19). The van der Waals surface area contributed by atoms with Gasteiger partial charge in [-0.15, -0.1) is 0 Å². The number of nitrogens with one attached hydrogen (secondary N) is 2. The molecule has 1 aliphatic rings. The fraction of sp³-hybridized carbons (Fsp3) is 0.600. The quantitative estimate of drug-likeness (QED) is 0.854. The average Bonchev–Trinajstić information content (AvgIpc) is 2.90. The first-order chi connectivity index (χ1) is 9.18. The van der Waals surface area contributed by atoms with Crippen LogP contribution in [0.4, 0.5) is 0 Å².